The van der Waals surface area contributed by atoms with Gasteiger partial charge in [0.05, 0.1) is 12.2 Å². The largest absolute Gasteiger partial charge is 0.462 e. The van der Waals surface area contributed by atoms with Crippen molar-refractivity contribution in [3.63, 3.8) is 0 Å². The molecule has 0 bridgehead atoms. The standard InChI is InChI=1S/C15H16BrNO2S/c1-2-7-19-15(18)11-3-5-13(6-4-11)17-9-14-8-12(16)10-20-14/h3-6,8,10,17H,2,7,9H2,1H3. The van der Waals surface area contributed by atoms with Gasteiger partial charge in [-0.1, -0.05) is 6.92 Å². The van der Waals surface area contributed by atoms with E-state index in [1.54, 1.807) is 23.5 Å². The van der Waals surface area contributed by atoms with E-state index in [0.717, 1.165) is 23.1 Å². The summed E-state index contributed by atoms with van der Waals surface area (Å²) in [5.41, 5.74) is 1.57. The van der Waals surface area contributed by atoms with E-state index in [2.05, 4.69) is 32.7 Å². The van der Waals surface area contributed by atoms with Crippen molar-refractivity contribution in [2.24, 2.45) is 0 Å². The SMILES string of the molecule is CCCOC(=O)c1ccc(NCc2cc(Br)cs2)cc1. The Bertz CT molecular complexity index is 566. The molecule has 0 aliphatic carbocycles. The molecule has 2 aromatic rings. The van der Waals surface area contributed by atoms with Crippen LogP contribution in [0.25, 0.3) is 0 Å². The minimum atomic E-state index is -0.263. The fourth-order valence-corrected chi connectivity index (χ4v) is 3.03. The number of carbonyl (C=O) groups excluding carboxylic acids is 1. The molecule has 0 spiro atoms. The maximum Gasteiger partial charge on any atom is 0.338 e. The number of ether oxygens (including phenoxy) is 1. The number of hydrogen-bond donors (Lipinski definition) is 1. The summed E-state index contributed by atoms with van der Waals surface area (Å²) in [6.07, 6.45) is 0.835. The number of halogens is 1. The number of hydrogen-bond acceptors (Lipinski definition) is 4. The van der Waals surface area contributed by atoms with Gasteiger partial charge in [0.1, 0.15) is 0 Å². The zero-order valence-electron chi connectivity index (χ0n) is 11.2. The van der Waals surface area contributed by atoms with E-state index in [9.17, 15) is 4.79 Å². The molecule has 0 saturated heterocycles. The van der Waals surface area contributed by atoms with Crippen LogP contribution in [-0.4, -0.2) is 12.6 Å². The van der Waals surface area contributed by atoms with Gasteiger partial charge in [0.2, 0.25) is 0 Å². The Labute approximate surface area is 131 Å². The lowest BCUT2D eigenvalue weighted by molar-refractivity contribution is 0.0505. The average Bonchev–Trinajstić information content (AvgIpc) is 2.89. The third-order valence-corrected chi connectivity index (χ3v) is 4.34. The second-order valence-electron chi connectivity index (χ2n) is 4.30. The first-order valence-corrected chi connectivity index (χ1v) is 8.10. The molecule has 0 aliphatic rings. The van der Waals surface area contributed by atoms with E-state index in [1.165, 1.54) is 4.88 Å². The molecular formula is C15H16BrNO2S. The number of rotatable bonds is 6. The predicted octanol–water partition coefficient (Wildman–Crippen LogP) is 4.69. The van der Waals surface area contributed by atoms with Crippen LogP contribution in [0.4, 0.5) is 5.69 Å². The Hall–Kier alpha value is -1.33. The highest BCUT2D eigenvalue weighted by molar-refractivity contribution is 9.10. The van der Waals surface area contributed by atoms with Crippen molar-refractivity contribution < 1.29 is 9.53 Å². The first kappa shape index (κ1) is 15.1. The van der Waals surface area contributed by atoms with Crippen LogP contribution in [0, 0.1) is 0 Å². The maximum atomic E-state index is 11.7. The highest BCUT2D eigenvalue weighted by Crippen LogP contribution is 2.21. The molecule has 5 heteroatoms. The lowest BCUT2D eigenvalue weighted by atomic mass is 10.2. The van der Waals surface area contributed by atoms with Crippen LogP contribution < -0.4 is 5.32 Å². The molecule has 20 heavy (non-hydrogen) atoms. The molecule has 0 amide bonds. The number of thiophene rings is 1. The van der Waals surface area contributed by atoms with Gasteiger partial charge in [-0.05, 0) is 52.7 Å². The zero-order chi connectivity index (χ0) is 14.4. The van der Waals surface area contributed by atoms with Crippen LogP contribution in [0.1, 0.15) is 28.6 Å². The molecule has 0 unspecified atom stereocenters. The topological polar surface area (TPSA) is 38.3 Å². The molecule has 3 nitrogen and oxygen atoms in total. The van der Waals surface area contributed by atoms with Crippen LogP contribution in [0.2, 0.25) is 0 Å². The number of nitrogens with one attached hydrogen (secondary N) is 1. The maximum absolute atomic E-state index is 11.7. The van der Waals surface area contributed by atoms with Gasteiger partial charge in [-0.2, -0.15) is 0 Å². The molecule has 2 rings (SSSR count). The number of benzene rings is 1. The summed E-state index contributed by atoms with van der Waals surface area (Å²) in [5, 5.41) is 5.38. The van der Waals surface area contributed by atoms with Crippen LogP contribution in [0.15, 0.2) is 40.2 Å². The summed E-state index contributed by atoms with van der Waals surface area (Å²) in [7, 11) is 0. The van der Waals surface area contributed by atoms with Gasteiger partial charge in [0, 0.05) is 27.0 Å². The second kappa shape index (κ2) is 7.45. The third kappa shape index (κ3) is 4.35. The molecular weight excluding hydrogens is 338 g/mol. The highest BCUT2D eigenvalue weighted by Gasteiger charge is 2.06. The zero-order valence-corrected chi connectivity index (χ0v) is 13.6. The smallest absolute Gasteiger partial charge is 0.338 e. The Kier molecular flexibility index (Phi) is 5.61. The second-order valence-corrected chi connectivity index (χ2v) is 6.21. The summed E-state index contributed by atoms with van der Waals surface area (Å²) in [5.74, 6) is -0.263. The summed E-state index contributed by atoms with van der Waals surface area (Å²) in [6, 6.07) is 9.44. The minimum Gasteiger partial charge on any atom is -0.462 e. The third-order valence-electron chi connectivity index (χ3n) is 2.65. The summed E-state index contributed by atoms with van der Waals surface area (Å²) < 4.78 is 6.19. The van der Waals surface area contributed by atoms with E-state index in [4.69, 9.17) is 4.74 Å². The minimum absolute atomic E-state index is 0.263. The Morgan fingerprint density at radius 3 is 2.70 bits per heavy atom. The van der Waals surface area contributed by atoms with Gasteiger partial charge in [-0.15, -0.1) is 11.3 Å². The Morgan fingerprint density at radius 2 is 2.10 bits per heavy atom. The van der Waals surface area contributed by atoms with E-state index in [0.29, 0.717) is 12.2 Å². The molecule has 0 radical (unpaired) electrons. The Balaban J connectivity index is 1.89. The molecule has 1 heterocycles. The van der Waals surface area contributed by atoms with E-state index in [1.807, 2.05) is 19.1 Å². The normalized spacial score (nSPS) is 10.3. The molecule has 1 aromatic heterocycles. The van der Waals surface area contributed by atoms with Crippen LogP contribution in [-0.2, 0) is 11.3 Å². The molecule has 0 saturated carbocycles. The Morgan fingerprint density at radius 1 is 1.35 bits per heavy atom. The van der Waals surface area contributed by atoms with E-state index < -0.39 is 0 Å². The van der Waals surface area contributed by atoms with Gasteiger partial charge in [0.25, 0.3) is 0 Å². The first-order valence-electron chi connectivity index (χ1n) is 6.43. The van der Waals surface area contributed by atoms with Gasteiger partial charge >= 0.3 is 5.97 Å². The predicted molar refractivity (Wildman–Crippen MR) is 86.4 cm³/mol. The van der Waals surface area contributed by atoms with Gasteiger partial charge in [-0.25, -0.2) is 4.79 Å². The first-order chi connectivity index (χ1) is 9.69. The van der Waals surface area contributed by atoms with Crippen LogP contribution in [0.5, 0.6) is 0 Å². The monoisotopic (exact) mass is 353 g/mol. The van der Waals surface area contributed by atoms with Crippen molar-refractivity contribution in [3.05, 3.63) is 50.6 Å². The number of esters is 1. The molecule has 0 fully saturated rings. The van der Waals surface area contributed by atoms with E-state index >= 15 is 0 Å². The van der Waals surface area contributed by atoms with Crippen molar-refractivity contribution >= 4 is 38.9 Å². The van der Waals surface area contributed by atoms with Crippen LogP contribution in [0.3, 0.4) is 0 Å². The number of carbonyl (C=O) groups is 1. The van der Waals surface area contributed by atoms with Crippen molar-refractivity contribution in [1.29, 1.82) is 0 Å². The van der Waals surface area contributed by atoms with Crippen molar-refractivity contribution in [2.45, 2.75) is 19.9 Å². The fourth-order valence-electron chi connectivity index (χ4n) is 1.64. The summed E-state index contributed by atoms with van der Waals surface area (Å²) in [6.45, 7) is 3.21. The molecule has 1 N–H and O–H groups in total. The van der Waals surface area contributed by atoms with Gasteiger partial charge in [0.15, 0.2) is 0 Å². The average molecular weight is 354 g/mol. The fraction of sp³-hybridized carbons (Fsp3) is 0.267. The lowest BCUT2D eigenvalue weighted by Crippen LogP contribution is -2.06. The van der Waals surface area contributed by atoms with E-state index in [-0.39, 0.29) is 5.97 Å². The molecule has 0 aliphatic heterocycles. The van der Waals surface area contributed by atoms with Crippen molar-refractivity contribution in [3.8, 4) is 0 Å². The molecule has 106 valence electrons. The van der Waals surface area contributed by atoms with Crippen molar-refractivity contribution in [2.75, 3.05) is 11.9 Å². The quantitative estimate of drug-likeness (QED) is 0.765. The molecule has 0 atom stereocenters. The van der Waals surface area contributed by atoms with Gasteiger partial charge < -0.3 is 10.1 Å². The molecule has 1 aromatic carbocycles. The summed E-state index contributed by atoms with van der Waals surface area (Å²) >= 11 is 5.14. The lowest BCUT2D eigenvalue weighted by Gasteiger charge is -2.06. The van der Waals surface area contributed by atoms with Gasteiger partial charge in [-0.3, -0.25) is 0 Å². The summed E-state index contributed by atoms with van der Waals surface area (Å²) in [4.78, 5) is 12.9. The van der Waals surface area contributed by atoms with Crippen LogP contribution >= 0.6 is 27.3 Å². The van der Waals surface area contributed by atoms with Crippen molar-refractivity contribution in [1.82, 2.24) is 0 Å². The highest BCUT2D eigenvalue weighted by atomic mass is 79.9. The number of anilines is 1.